The van der Waals surface area contributed by atoms with Gasteiger partial charge >= 0.3 is 0 Å². The topological polar surface area (TPSA) is 41.0 Å². The predicted molar refractivity (Wildman–Crippen MR) is 82.7 cm³/mol. The molecule has 0 bridgehead atoms. The van der Waals surface area contributed by atoms with Crippen LogP contribution in [0.25, 0.3) is 10.6 Å². The van der Waals surface area contributed by atoms with E-state index in [0.29, 0.717) is 6.04 Å². The van der Waals surface area contributed by atoms with Gasteiger partial charge in [0.25, 0.3) is 0 Å². The maximum absolute atomic E-state index is 4.35. The van der Waals surface area contributed by atoms with Crippen molar-refractivity contribution in [1.82, 2.24) is 15.5 Å². The molecular weight excluding hydrogens is 324 g/mol. The first kappa shape index (κ1) is 13.0. The van der Waals surface area contributed by atoms with Crippen molar-refractivity contribution in [3.05, 3.63) is 28.1 Å². The second-order valence-electron chi connectivity index (χ2n) is 4.60. The van der Waals surface area contributed by atoms with Gasteiger partial charge < -0.3 is 10.2 Å². The summed E-state index contributed by atoms with van der Waals surface area (Å²) in [7, 11) is 2.01. The fourth-order valence-corrected chi connectivity index (χ4v) is 3.63. The number of hydrogen-bond acceptors (Lipinski definition) is 5. The first-order valence-electron chi connectivity index (χ1n) is 6.28. The summed E-state index contributed by atoms with van der Waals surface area (Å²) in [5.41, 5.74) is 0.934. The second kappa shape index (κ2) is 5.56. The van der Waals surface area contributed by atoms with Crippen LogP contribution in [-0.4, -0.2) is 36.4 Å². The van der Waals surface area contributed by atoms with Crippen LogP contribution in [0.1, 0.15) is 6.42 Å². The largest absolute Gasteiger partial charge is 0.354 e. The van der Waals surface area contributed by atoms with Gasteiger partial charge in [-0.25, -0.2) is 0 Å². The molecular formula is C13H15BrN4S. The average molecular weight is 339 g/mol. The lowest BCUT2D eigenvalue weighted by molar-refractivity contribution is 0.616. The average Bonchev–Trinajstić information content (AvgIpc) is 3.07. The summed E-state index contributed by atoms with van der Waals surface area (Å²) in [5.74, 6) is 0.970. The summed E-state index contributed by atoms with van der Waals surface area (Å²) in [6.07, 6.45) is 1.16. The Labute approximate surface area is 125 Å². The molecule has 2 aromatic rings. The molecule has 1 saturated heterocycles. The summed E-state index contributed by atoms with van der Waals surface area (Å²) in [5, 5.41) is 12.0. The molecule has 1 fully saturated rings. The van der Waals surface area contributed by atoms with Gasteiger partial charge in [0.2, 0.25) is 0 Å². The number of rotatable bonds is 3. The van der Waals surface area contributed by atoms with Crippen LogP contribution in [0.4, 0.5) is 5.82 Å². The van der Waals surface area contributed by atoms with Crippen LogP contribution in [0.15, 0.2) is 28.1 Å². The van der Waals surface area contributed by atoms with E-state index in [2.05, 4.69) is 48.5 Å². The zero-order valence-corrected chi connectivity index (χ0v) is 13.0. The van der Waals surface area contributed by atoms with Crippen LogP contribution < -0.4 is 10.2 Å². The normalized spacial score (nSPS) is 19.1. The molecule has 100 valence electrons. The molecule has 1 atom stereocenters. The van der Waals surface area contributed by atoms with Gasteiger partial charge in [-0.3, -0.25) is 0 Å². The van der Waals surface area contributed by atoms with E-state index in [4.69, 9.17) is 0 Å². The van der Waals surface area contributed by atoms with Gasteiger partial charge in [0, 0.05) is 19.1 Å². The molecule has 0 aliphatic carbocycles. The maximum Gasteiger partial charge on any atom is 0.151 e. The van der Waals surface area contributed by atoms with Crippen LogP contribution in [0.3, 0.4) is 0 Å². The molecule has 2 aromatic heterocycles. The van der Waals surface area contributed by atoms with E-state index in [1.54, 1.807) is 11.3 Å². The molecule has 0 saturated carbocycles. The minimum Gasteiger partial charge on any atom is -0.354 e. The van der Waals surface area contributed by atoms with E-state index >= 15 is 0 Å². The summed E-state index contributed by atoms with van der Waals surface area (Å²) in [6, 6.07) is 8.77. The molecule has 1 N–H and O–H groups in total. The van der Waals surface area contributed by atoms with Crippen molar-refractivity contribution < 1.29 is 0 Å². The Morgan fingerprint density at radius 1 is 1.32 bits per heavy atom. The van der Waals surface area contributed by atoms with Crippen molar-refractivity contribution in [3.8, 4) is 10.6 Å². The van der Waals surface area contributed by atoms with Gasteiger partial charge in [-0.05, 0) is 53.7 Å². The van der Waals surface area contributed by atoms with E-state index in [1.165, 1.54) is 0 Å². The number of hydrogen-bond donors (Lipinski definition) is 1. The molecule has 3 rings (SSSR count). The third-order valence-electron chi connectivity index (χ3n) is 3.40. The monoisotopic (exact) mass is 338 g/mol. The molecule has 6 heteroatoms. The molecule has 1 aliphatic heterocycles. The van der Waals surface area contributed by atoms with Gasteiger partial charge in [-0.15, -0.1) is 21.5 Å². The zero-order chi connectivity index (χ0) is 13.2. The summed E-state index contributed by atoms with van der Waals surface area (Å²) >= 11 is 5.14. The Balaban J connectivity index is 1.76. The van der Waals surface area contributed by atoms with Gasteiger partial charge in [0.05, 0.1) is 8.66 Å². The van der Waals surface area contributed by atoms with E-state index in [1.807, 2.05) is 19.2 Å². The highest BCUT2D eigenvalue weighted by Gasteiger charge is 2.22. The van der Waals surface area contributed by atoms with Crippen LogP contribution in [0.5, 0.6) is 0 Å². The van der Waals surface area contributed by atoms with Crippen molar-refractivity contribution in [3.63, 3.8) is 0 Å². The fourth-order valence-electron chi connectivity index (χ4n) is 2.28. The van der Waals surface area contributed by atoms with Crippen molar-refractivity contribution >= 4 is 33.1 Å². The predicted octanol–water partition coefficient (Wildman–Crippen LogP) is 2.77. The maximum atomic E-state index is 4.35. The highest BCUT2D eigenvalue weighted by molar-refractivity contribution is 9.11. The highest BCUT2D eigenvalue weighted by Crippen LogP contribution is 2.30. The van der Waals surface area contributed by atoms with E-state index in [9.17, 15) is 0 Å². The number of halogens is 1. The zero-order valence-electron chi connectivity index (χ0n) is 10.6. The lowest BCUT2D eigenvalue weighted by atomic mass is 10.3. The van der Waals surface area contributed by atoms with Crippen molar-refractivity contribution in [2.75, 3.05) is 25.0 Å². The van der Waals surface area contributed by atoms with Gasteiger partial charge in [-0.2, -0.15) is 0 Å². The molecule has 0 spiro atoms. The quantitative estimate of drug-likeness (QED) is 0.934. The van der Waals surface area contributed by atoms with Crippen LogP contribution >= 0.6 is 27.3 Å². The number of likely N-dealkylation sites (N-methyl/N-ethyl adjacent to an activating group) is 1. The van der Waals surface area contributed by atoms with Crippen LogP contribution in [0, 0.1) is 0 Å². The molecule has 0 radical (unpaired) electrons. The number of thiophene rings is 1. The molecule has 19 heavy (non-hydrogen) atoms. The lowest BCUT2D eigenvalue weighted by Gasteiger charge is -2.16. The Morgan fingerprint density at radius 3 is 2.79 bits per heavy atom. The number of nitrogens with one attached hydrogen (secondary N) is 1. The summed E-state index contributed by atoms with van der Waals surface area (Å²) in [6.45, 7) is 2.05. The van der Waals surface area contributed by atoms with Crippen molar-refractivity contribution in [2.45, 2.75) is 12.5 Å². The smallest absolute Gasteiger partial charge is 0.151 e. The first-order chi connectivity index (χ1) is 9.26. The number of anilines is 1. The number of aromatic nitrogens is 2. The van der Waals surface area contributed by atoms with Crippen molar-refractivity contribution in [2.24, 2.45) is 0 Å². The minimum atomic E-state index is 0.565. The molecule has 3 heterocycles. The Hall–Kier alpha value is -0.980. The van der Waals surface area contributed by atoms with Crippen molar-refractivity contribution in [1.29, 1.82) is 0 Å². The molecule has 1 aliphatic rings. The second-order valence-corrected chi connectivity index (χ2v) is 7.06. The Kier molecular flexibility index (Phi) is 3.81. The fraction of sp³-hybridized carbons (Fsp3) is 0.385. The van der Waals surface area contributed by atoms with Crippen LogP contribution in [-0.2, 0) is 0 Å². The third kappa shape index (κ3) is 2.80. The molecule has 0 aromatic carbocycles. The van der Waals surface area contributed by atoms with E-state index < -0.39 is 0 Å². The number of nitrogens with zero attached hydrogens (tertiary/aromatic N) is 3. The van der Waals surface area contributed by atoms with Gasteiger partial charge in [-0.1, -0.05) is 0 Å². The van der Waals surface area contributed by atoms with Crippen LogP contribution in [0.2, 0.25) is 0 Å². The Bertz CT molecular complexity index is 554. The van der Waals surface area contributed by atoms with E-state index in [0.717, 1.165) is 39.7 Å². The van der Waals surface area contributed by atoms with E-state index in [-0.39, 0.29) is 0 Å². The standard InChI is InChI=1S/C13H15BrN4S/c1-15-9-6-7-18(8-9)13-5-2-10(16-17-13)11-3-4-12(14)19-11/h2-5,9,15H,6-8H2,1H3. The summed E-state index contributed by atoms with van der Waals surface area (Å²) in [4.78, 5) is 3.42. The summed E-state index contributed by atoms with van der Waals surface area (Å²) < 4.78 is 1.12. The highest BCUT2D eigenvalue weighted by atomic mass is 79.9. The third-order valence-corrected chi connectivity index (χ3v) is 5.04. The first-order valence-corrected chi connectivity index (χ1v) is 7.89. The SMILES string of the molecule is CNC1CCN(c2ccc(-c3ccc(Br)s3)nn2)C1. The molecule has 1 unspecified atom stereocenters. The van der Waals surface area contributed by atoms with Gasteiger partial charge in [0.15, 0.2) is 5.82 Å². The Morgan fingerprint density at radius 2 is 2.21 bits per heavy atom. The van der Waals surface area contributed by atoms with Gasteiger partial charge in [0.1, 0.15) is 5.69 Å². The minimum absolute atomic E-state index is 0.565. The lowest BCUT2D eigenvalue weighted by Crippen LogP contribution is -2.29. The molecule has 4 nitrogen and oxygen atoms in total. The molecule has 0 amide bonds.